The molecule has 2 aliphatic heterocycles. The Labute approximate surface area is 127 Å². The summed E-state index contributed by atoms with van der Waals surface area (Å²) in [5.41, 5.74) is 2.42. The molecule has 6 nitrogen and oxygen atoms in total. The Hall–Kier alpha value is -2.63. The molecule has 4 rings (SSSR count). The molecule has 1 aromatic heterocycles. The van der Waals surface area contributed by atoms with Crippen LogP contribution in [0.5, 0.6) is 0 Å². The van der Waals surface area contributed by atoms with E-state index in [1.54, 1.807) is 12.3 Å². The highest BCUT2D eigenvalue weighted by atomic mass is 16.2. The van der Waals surface area contributed by atoms with Gasteiger partial charge >= 0.3 is 0 Å². The van der Waals surface area contributed by atoms with Gasteiger partial charge in [-0.15, -0.1) is 0 Å². The van der Waals surface area contributed by atoms with Gasteiger partial charge in [0.15, 0.2) is 0 Å². The van der Waals surface area contributed by atoms with Crippen molar-refractivity contribution in [3.05, 3.63) is 47.0 Å². The highest BCUT2D eigenvalue weighted by Crippen LogP contribution is 2.25. The second-order valence-corrected chi connectivity index (χ2v) is 5.67. The fourth-order valence-corrected chi connectivity index (χ4v) is 3.09. The normalized spacial score (nSPS) is 15.9. The van der Waals surface area contributed by atoms with E-state index in [1.807, 2.05) is 16.7 Å². The van der Waals surface area contributed by atoms with Gasteiger partial charge in [0.1, 0.15) is 11.5 Å². The Kier molecular flexibility index (Phi) is 2.96. The molecule has 0 saturated carbocycles. The van der Waals surface area contributed by atoms with Crippen LogP contribution in [0.2, 0.25) is 0 Å². The average Bonchev–Trinajstić information content (AvgIpc) is 3.12. The van der Waals surface area contributed by atoms with Crippen LogP contribution >= 0.6 is 0 Å². The van der Waals surface area contributed by atoms with Crippen molar-refractivity contribution < 1.29 is 9.59 Å². The number of hydrogen-bond donors (Lipinski definition) is 2. The number of benzene rings is 1. The van der Waals surface area contributed by atoms with Gasteiger partial charge in [0.05, 0.1) is 11.3 Å². The van der Waals surface area contributed by atoms with E-state index in [1.165, 1.54) is 0 Å². The maximum Gasteiger partial charge on any atom is 0.275 e. The van der Waals surface area contributed by atoms with Crippen molar-refractivity contribution in [3.8, 4) is 0 Å². The summed E-state index contributed by atoms with van der Waals surface area (Å²) in [4.78, 5) is 28.7. The summed E-state index contributed by atoms with van der Waals surface area (Å²) in [6.07, 6.45) is 4.95. The van der Waals surface area contributed by atoms with Crippen molar-refractivity contribution in [1.82, 2.24) is 14.9 Å². The van der Waals surface area contributed by atoms with E-state index in [0.29, 0.717) is 23.5 Å². The number of anilines is 1. The Balaban J connectivity index is 1.62. The predicted molar refractivity (Wildman–Crippen MR) is 80.7 cm³/mol. The smallest absolute Gasteiger partial charge is 0.275 e. The van der Waals surface area contributed by atoms with Crippen molar-refractivity contribution in [3.63, 3.8) is 0 Å². The average molecular weight is 296 g/mol. The van der Waals surface area contributed by atoms with Crippen molar-refractivity contribution in [2.45, 2.75) is 32.4 Å². The molecule has 22 heavy (non-hydrogen) atoms. The van der Waals surface area contributed by atoms with E-state index >= 15 is 0 Å². The van der Waals surface area contributed by atoms with Crippen molar-refractivity contribution in [2.75, 3.05) is 5.32 Å². The van der Waals surface area contributed by atoms with E-state index in [9.17, 15) is 9.59 Å². The van der Waals surface area contributed by atoms with Crippen molar-refractivity contribution in [1.29, 1.82) is 0 Å². The third-order valence-electron chi connectivity index (χ3n) is 4.21. The van der Waals surface area contributed by atoms with Gasteiger partial charge in [-0.2, -0.15) is 0 Å². The molecule has 1 aromatic carbocycles. The molecule has 0 unspecified atom stereocenters. The second-order valence-electron chi connectivity index (χ2n) is 5.67. The number of rotatable bonds is 2. The van der Waals surface area contributed by atoms with Crippen LogP contribution in [0.25, 0.3) is 0 Å². The van der Waals surface area contributed by atoms with E-state index < -0.39 is 0 Å². The van der Waals surface area contributed by atoms with Gasteiger partial charge in [-0.1, -0.05) is 12.1 Å². The Morgan fingerprint density at radius 3 is 3.09 bits per heavy atom. The maximum atomic E-state index is 12.4. The van der Waals surface area contributed by atoms with Crippen LogP contribution in [0.3, 0.4) is 0 Å². The first-order chi connectivity index (χ1) is 10.7. The molecule has 0 atom stereocenters. The van der Waals surface area contributed by atoms with Gasteiger partial charge in [-0.3, -0.25) is 9.59 Å². The van der Waals surface area contributed by atoms with Crippen molar-refractivity contribution >= 4 is 17.5 Å². The molecular formula is C16H16N4O2. The molecule has 6 heteroatoms. The zero-order chi connectivity index (χ0) is 15.1. The molecular weight excluding hydrogens is 280 g/mol. The summed E-state index contributed by atoms with van der Waals surface area (Å²) < 4.78 is 2.04. The zero-order valence-electron chi connectivity index (χ0n) is 12.1. The monoisotopic (exact) mass is 296 g/mol. The largest absolute Gasteiger partial charge is 0.348 e. The van der Waals surface area contributed by atoms with Crippen LogP contribution in [0, 0.1) is 0 Å². The minimum absolute atomic E-state index is 0.143. The Morgan fingerprint density at radius 1 is 1.32 bits per heavy atom. The maximum absolute atomic E-state index is 12.4. The van der Waals surface area contributed by atoms with E-state index in [-0.39, 0.29) is 11.8 Å². The number of nitrogens with zero attached hydrogens (tertiary/aromatic N) is 2. The number of fused-ring (bicyclic) bond motifs is 2. The highest BCUT2D eigenvalue weighted by Gasteiger charge is 2.24. The molecule has 0 aliphatic carbocycles. The summed E-state index contributed by atoms with van der Waals surface area (Å²) in [5, 5.41) is 5.59. The van der Waals surface area contributed by atoms with E-state index in [2.05, 4.69) is 15.6 Å². The molecule has 0 bridgehead atoms. The summed E-state index contributed by atoms with van der Waals surface area (Å²) in [5.74, 6) is 0.553. The number of imidazole rings is 1. The van der Waals surface area contributed by atoms with Gasteiger partial charge in [0, 0.05) is 25.7 Å². The third kappa shape index (κ3) is 2.07. The zero-order valence-corrected chi connectivity index (χ0v) is 12.1. The fraction of sp³-hybridized carbons (Fsp3) is 0.312. The van der Waals surface area contributed by atoms with Gasteiger partial charge in [-0.25, -0.2) is 4.98 Å². The minimum atomic E-state index is -0.269. The van der Waals surface area contributed by atoms with Crippen LogP contribution in [0.1, 0.15) is 45.1 Å². The van der Waals surface area contributed by atoms with E-state index in [0.717, 1.165) is 37.2 Å². The third-order valence-corrected chi connectivity index (χ3v) is 4.21. The number of aryl methyl sites for hydroxylation is 2. The summed E-state index contributed by atoms with van der Waals surface area (Å²) in [7, 11) is 0. The molecule has 2 aromatic rings. The van der Waals surface area contributed by atoms with Crippen LogP contribution < -0.4 is 10.6 Å². The first-order valence-corrected chi connectivity index (χ1v) is 7.50. The van der Waals surface area contributed by atoms with Gasteiger partial charge in [-0.05, 0) is 24.5 Å². The summed E-state index contributed by atoms with van der Waals surface area (Å²) in [6, 6.07) is 5.47. The lowest BCUT2D eigenvalue weighted by molar-refractivity contribution is 0.0966. The van der Waals surface area contributed by atoms with Crippen LogP contribution in [0.4, 0.5) is 5.69 Å². The lowest BCUT2D eigenvalue weighted by Crippen LogP contribution is -2.17. The summed E-state index contributed by atoms with van der Waals surface area (Å²) in [6.45, 7) is 1.43. The molecule has 112 valence electrons. The minimum Gasteiger partial charge on any atom is -0.348 e. The molecule has 2 N–H and O–H groups in total. The SMILES string of the molecule is O=C(Nc1cccc2c1C(=O)NC2)c1cn2c(n1)CCCC2. The topological polar surface area (TPSA) is 76.0 Å². The number of nitrogens with one attached hydrogen (secondary N) is 2. The molecule has 0 saturated heterocycles. The second kappa shape index (κ2) is 4.98. The molecule has 0 spiro atoms. The van der Waals surface area contributed by atoms with Gasteiger partial charge in [0.25, 0.3) is 11.8 Å². The van der Waals surface area contributed by atoms with Crippen LogP contribution in [-0.4, -0.2) is 21.4 Å². The number of amides is 2. The molecule has 2 aliphatic rings. The Bertz CT molecular complexity index is 755. The first kappa shape index (κ1) is 13.1. The van der Waals surface area contributed by atoms with Crippen LogP contribution in [0.15, 0.2) is 24.4 Å². The van der Waals surface area contributed by atoms with Crippen LogP contribution in [-0.2, 0) is 19.5 Å². The standard InChI is InChI=1S/C16H16N4O2/c21-15(12-9-20-7-2-1-6-13(20)18-12)19-11-5-3-4-10-8-17-16(22)14(10)11/h3-5,9H,1-2,6-8H2,(H,17,22)(H,19,21). The van der Waals surface area contributed by atoms with Crippen molar-refractivity contribution in [2.24, 2.45) is 0 Å². The van der Waals surface area contributed by atoms with Gasteiger partial charge in [0.2, 0.25) is 0 Å². The lowest BCUT2D eigenvalue weighted by atomic mass is 10.1. The van der Waals surface area contributed by atoms with E-state index in [4.69, 9.17) is 0 Å². The van der Waals surface area contributed by atoms with Gasteiger partial charge < -0.3 is 15.2 Å². The molecule has 2 amide bonds. The number of hydrogen-bond acceptors (Lipinski definition) is 3. The highest BCUT2D eigenvalue weighted by molar-refractivity contribution is 6.09. The molecule has 0 fully saturated rings. The fourth-order valence-electron chi connectivity index (χ4n) is 3.09. The quantitative estimate of drug-likeness (QED) is 0.886. The number of carbonyl (C=O) groups excluding carboxylic acids is 2. The Morgan fingerprint density at radius 2 is 2.23 bits per heavy atom. The number of carbonyl (C=O) groups is 2. The summed E-state index contributed by atoms with van der Waals surface area (Å²) >= 11 is 0. The lowest BCUT2D eigenvalue weighted by Gasteiger charge is -2.11. The molecule has 0 radical (unpaired) electrons. The molecule has 3 heterocycles. The number of aromatic nitrogens is 2. The first-order valence-electron chi connectivity index (χ1n) is 7.50. The predicted octanol–water partition coefficient (Wildman–Crippen LogP) is 1.72.